The number of nitrogens with zero attached hydrogens (tertiary/aromatic N) is 4. The summed E-state index contributed by atoms with van der Waals surface area (Å²) in [6, 6.07) is 24.9. The Morgan fingerprint density at radius 2 is 1.70 bits per heavy atom. The van der Waals surface area contributed by atoms with Crippen molar-refractivity contribution in [3.63, 3.8) is 0 Å². The van der Waals surface area contributed by atoms with Gasteiger partial charge in [-0.25, -0.2) is 4.68 Å². The van der Waals surface area contributed by atoms with Crippen LogP contribution in [0.5, 0.6) is 11.5 Å². The molecule has 7 nitrogen and oxygen atoms in total. The molecule has 0 unspecified atom stereocenters. The summed E-state index contributed by atoms with van der Waals surface area (Å²) in [6.45, 7) is 5.21. The third-order valence-electron chi connectivity index (χ3n) is 6.44. The summed E-state index contributed by atoms with van der Waals surface area (Å²) in [7, 11) is 1.63. The van der Waals surface area contributed by atoms with E-state index in [-0.39, 0.29) is 5.91 Å². The highest BCUT2D eigenvalue weighted by molar-refractivity contribution is 6.30. The van der Waals surface area contributed by atoms with E-state index in [9.17, 15) is 4.79 Å². The fraction of sp³-hybridized carbons (Fsp3) is 0.241. The van der Waals surface area contributed by atoms with Gasteiger partial charge in [-0.3, -0.25) is 4.79 Å². The normalized spacial score (nSPS) is 13.5. The maximum absolute atomic E-state index is 13.8. The predicted octanol–water partition coefficient (Wildman–Crippen LogP) is 5.56. The van der Waals surface area contributed by atoms with Crippen molar-refractivity contribution in [2.75, 3.05) is 44.8 Å². The van der Waals surface area contributed by atoms with Gasteiger partial charge in [-0.15, -0.1) is 0 Å². The molecule has 1 aromatic heterocycles. The minimum absolute atomic E-state index is 0.0648. The fourth-order valence-electron chi connectivity index (χ4n) is 4.55. The highest BCUT2D eigenvalue weighted by Crippen LogP contribution is 2.30. The first kappa shape index (κ1) is 24.7. The van der Waals surface area contributed by atoms with Crippen molar-refractivity contribution in [2.45, 2.75) is 6.92 Å². The van der Waals surface area contributed by atoms with E-state index in [0.717, 1.165) is 28.4 Å². The van der Waals surface area contributed by atoms with Crippen molar-refractivity contribution >= 4 is 23.2 Å². The zero-order valence-corrected chi connectivity index (χ0v) is 21.7. The number of anilines is 1. The van der Waals surface area contributed by atoms with Crippen molar-refractivity contribution in [3.8, 4) is 28.4 Å². The molecule has 0 saturated carbocycles. The fourth-order valence-corrected chi connectivity index (χ4v) is 4.73. The number of halogens is 1. The summed E-state index contributed by atoms with van der Waals surface area (Å²) in [4.78, 5) is 18.0. The minimum atomic E-state index is -0.0648. The van der Waals surface area contributed by atoms with E-state index in [4.69, 9.17) is 26.2 Å². The topological polar surface area (TPSA) is 59.8 Å². The van der Waals surface area contributed by atoms with Crippen LogP contribution in [-0.2, 0) is 0 Å². The van der Waals surface area contributed by atoms with Crippen LogP contribution in [0.4, 0.5) is 5.69 Å². The third kappa shape index (κ3) is 5.27. The number of benzene rings is 3. The Bertz CT molecular complexity index is 1380. The number of hydrogen-bond donors (Lipinski definition) is 0. The molecule has 4 aromatic rings. The molecule has 0 aliphatic carbocycles. The number of para-hydroxylation sites is 2. The van der Waals surface area contributed by atoms with Crippen LogP contribution >= 0.6 is 11.6 Å². The Labute approximate surface area is 221 Å². The SMILES string of the molecule is CCOc1ccccc1N1CCN(C(=O)c2cc(-c3ccc(OC)cc3)nn2-c2cccc(Cl)c2)CC1. The lowest BCUT2D eigenvalue weighted by Gasteiger charge is -2.36. The van der Waals surface area contributed by atoms with E-state index in [1.807, 2.05) is 78.6 Å². The van der Waals surface area contributed by atoms with Crippen molar-refractivity contribution in [3.05, 3.63) is 89.6 Å². The minimum Gasteiger partial charge on any atom is -0.497 e. The molecule has 0 spiro atoms. The van der Waals surface area contributed by atoms with Crippen LogP contribution in [0.2, 0.25) is 5.02 Å². The smallest absolute Gasteiger partial charge is 0.272 e. The second kappa shape index (κ2) is 11.0. The molecule has 2 heterocycles. The largest absolute Gasteiger partial charge is 0.497 e. The van der Waals surface area contributed by atoms with Gasteiger partial charge in [0, 0.05) is 36.8 Å². The average molecular weight is 517 g/mol. The summed E-state index contributed by atoms with van der Waals surface area (Å²) < 4.78 is 12.8. The van der Waals surface area contributed by atoms with Crippen LogP contribution in [0, 0.1) is 0 Å². The summed E-state index contributed by atoms with van der Waals surface area (Å²) >= 11 is 6.28. The second-order valence-electron chi connectivity index (χ2n) is 8.71. The van der Waals surface area contributed by atoms with Gasteiger partial charge in [0.15, 0.2) is 0 Å². The van der Waals surface area contributed by atoms with Gasteiger partial charge in [-0.2, -0.15) is 5.10 Å². The van der Waals surface area contributed by atoms with Crippen molar-refractivity contribution in [1.82, 2.24) is 14.7 Å². The third-order valence-corrected chi connectivity index (χ3v) is 6.67. The summed E-state index contributed by atoms with van der Waals surface area (Å²) in [5.41, 5.74) is 3.89. The highest BCUT2D eigenvalue weighted by atomic mass is 35.5. The lowest BCUT2D eigenvalue weighted by atomic mass is 10.1. The van der Waals surface area contributed by atoms with Crippen molar-refractivity contribution in [2.24, 2.45) is 0 Å². The number of rotatable bonds is 7. The van der Waals surface area contributed by atoms with Gasteiger partial charge in [0.1, 0.15) is 17.2 Å². The van der Waals surface area contributed by atoms with Gasteiger partial charge < -0.3 is 19.3 Å². The molecule has 1 aliphatic rings. The molecule has 0 bridgehead atoms. The number of carbonyl (C=O) groups is 1. The van der Waals surface area contributed by atoms with E-state index in [1.165, 1.54) is 0 Å². The number of methoxy groups -OCH3 is 1. The van der Waals surface area contributed by atoms with E-state index in [0.29, 0.717) is 49.2 Å². The molecule has 1 fully saturated rings. The average Bonchev–Trinajstić information content (AvgIpc) is 3.39. The van der Waals surface area contributed by atoms with Crippen LogP contribution in [0.3, 0.4) is 0 Å². The lowest BCUT2D eigenvalue weighted by Crippen LogP contribution is -2.49. The first-order valence-corrected chi connectivity index (χ1v) is 12.7. The maximum atomic E-state index is 13.8. The molecule has 37 heavy (non-hydrogen) atoms. The van der Waals surface area contributed by atoms with Crippen LogP contribution in [0.1, 0.15) is 17.4 Å². The zero-order chi connectivity index (χ0) is 25.8. The van der Waals surface area contributed by atoms with Gasteiger partial charge in [0.05, 0.1) is 30.8 Å². The predicted molar refractivity (Wildman–Crippen MR) is 146 cm³/mol. The number of amides is 1. The Balaban J connectivity index is 1.42. The second-order valence-corrected chi connectivity index (χ2v) is 9.15. The number of hydrogen-bond acceptors (Lipinski definition) is 5. The molecule has 190 valence electrons. The van der Waals surface area contributed by atoms with E-state index < -0.39 is 0 Å². The molecular formula is C29H29ClN4O3. The standard InChI is InChI=1S/C29H29ClN4O3/c1-3-37-28-10-5-4-9-26(28)32-15-17-33(18-16-32)29(35)27-20-25(21-11-13-24(36-2)14-12-21)31-34(27)23-8-6-7-22(30)19-23/h4-14,19-20H,3,15-18H2,1-2H3. The number of aromatic nitrogens is 2. The highest BCUT2D eigenvalue weighted by Gasteiger charge is 2.27. The van der Waals surface area contributed by atoms with Crippen LogP contribution in [0.15, 0.2) is 78.9 Å². The Morgan fingerprint density at radius 1 is 0.946 bits per heavy atom. The van der Waals surface area contributed by atoms with Crippen LogP contribution < -0.4 is 14.4 Å². The van der Waals surface area contributed by atoms with Crippen molar-refractivity contribution < 1.29 is 14.3 Å². The molecule has 5 rings (SSSR count). The molecule has 8 heteroatoms. The van der Waals surface area contributed by atoms with Gasteiger partial charge in [0.2, 0.25) is 0 Å². The lowest BCUT2D eigenvalue weighted by molar-refractivity contribution is 0.0737. The molecule has 1 aliphatic heterocycles. The van der Waals surface area contributed by atoms with Crippen LogP contribution in [0.25, 0.3) is 16.9 Å². The van der Waals surface area contributed by atoms with E-state index in [2.05, 4.69) is 11.0 Å². The first-order chi connectivity index (χ1) is 18.1. The first-order valence-electron chi connectivity index (χ1n) is 12.3. The van der Waals surface area contributed by atoms with Gasteiger partial charge in [0.25, 0.3) is 5.91 Å². The zero-order valence-electron chi connectivity index (χ0n) is 20.9. The number of carbonyl (C=O) groups excluding carboxylic acids is 1. The van der Waals surface area contributed by atoms with Crippen molar-refractivity contribution in [1.29, 1.82) is 0 Å². The molecule has 0 N–H and O–H groups in total. The Kier molecular flexibility index (Phi) is 7.32. The number of ether oxygens (including phenoxy) is 2. The van der Waals surface area contributed by atoms with E-state index >= 15 is 0 Å². The maximum Gasteiger partial charge on any atom is 0.272 e. The molecule has 0 radical (unpaired) electrons. The van der Waals surface area contributed by atoms with Gasteiger partial charge in [-0.1, -0.05) is 29.8 Å². The van der Waals surface area contributed by atoms with Crippen LogP contribution in [-0.4, -0.2) is 60.5 Å². The van der Waals surface area contributed by atoms with E-state index in [1.54, 1.807) is 17.9 Å². The molecule has 1 saturated heterocycles. The monoisotopic (exact) mass is 516 g/mol. The van der Waals surface area contributed by atoms with Gasteiger partial charge in [-0.05, 0) is 67.6 Å². The Hall–Kier alpha value is -3.97. The Morgan fingerprint density at radius 3 is 2.41 bits per heavy atom. The van der Waals surface area contributed by atoms with Gasteiger partial charge >= 0.3 is 0 Å². The summed E-state index contributed by atoms with van der Waals surface area (Å²) in [5.74, 6) is 1.57. The molecule has 1 amide bonds. The molecule has 3 aromatic carbocycles. The quantitative estimate of drug-likeness (QED) is 0.322. The summed E-state index contributed by atoms with van der Waals surface area (Å²) in [5, 5.41) is 5.38. The number of piperazine rings is 1. The molecular weight excluding hydrogens is 488 g/mol. The summed E-state index contributed by atoms with van der Waals surface area (Å²) in [6.07, 6.45) is 0. The molecule has 0 atom stereocenters.